The first kappa shape index (κ1) is 16.6. The van der Waals surface area contributed by atoms with Crippen molar-refractivity contribution in [3.8, 4) is 0 Å². The average molecular weight is 284 g/mol. The third-order valence-electron chi connectivity index (χ3n) is 2.74. The molecule has 0 aliphatic rings. The van der Waals surface area contributed by atoms with Gasteiger partial charge in [-0.25, -0.2) is 4.79 Å². The number of aliphatic carboxylic acids is 1. The molecule has 0 aliphatic carbocycles. The fraction of sp³-hybridized carbons (Fsp3) is 0.500. The summed E-state index contributed by atoms with van der Waals surface area (Å²) in [6.07, 6.45) is -3.82. The molecule has 2 atom stereocenters. The summed E-state index contributed by atoms with van der Waals surface area (Å²) >= 11 is 0. The minimum Gasteiger partial charge on any atom is -0.479 e. The monoisotopic (exact) mass is 284 g/mol. The molecule has 1 aromatic carbocycles. The number of ether oxygens (including phenoxy) is 2. The third-order valence-corrected chi connectivity index (χ3v) is 2.74. The van der Waals surface area contributed by atoms with E-state index in [-0.39, 0.29) is 0 Å². The smallest absolute Gasteiger partial charge is 0.335 e. The van der Waals surface area contributed by atoms with Crippen LogP contribution in [0.25, 0.3) is 0 Å². The summed E-state index contributed by atoms with van der Waals surface area (Å²) in [6, 6.07) is 6.42. The minimum absolute atomic E-state index is 0.315. The first-order valence-corrected chi connectivity index (χ1v) is 6.43. The molecule has 1 rings (SSSR count). The van der Waals surface area contributed by atoms with E-state index in [1.807, 2.05) is 13.8 Å². The summed E-state index contributed by atoms with van der Waals surface area (Å²) in [6.45, 7) is 4.69. The van der Waals surface area contributed by atoms with Gasteiger partial charge in [0.25, 0.3) is 0 Å². The molecule has 0 spiro atoms. The maximum atomic E-state index is 10.6. The molecule has 0 aliphatic heterocycles. The molecule has 6 heteroatoms. The molecule has 6 nitrogen and oxygen atoms in total. The molecule has 0 bridgehead atoms. The van der Waals surface area contributed by atoms with Crippen LogP contribution in [0.15, 0.2) is 24.3 Å². The van der Waals surface area contributed by atoms with Crippen LogP contribution >= 0.6 is 0 Å². The maximum absolute atomic E-state index is 10.6. The van der Waals surface area contributed by atoms with Crippen molar-refractivity contribution < 1.29 is 29.6 Å². The van der Waals surface area contributed by atoms with E-state index in [9.17, 15) is 15.0 Å². The SMILES string of the molecule is CCOC(OCC)c1ccc(C(O)C(O)C(=O)O)cc1. The van der Waals surface area contributed by atoms with Crippen molar-refractivity contribution in [3.05, 3.63) is 35.4 Å². The highest BCUT2D eigenvalue weighted by atomic mass is 16.7. The highest BCUT2D eigenvalue weighted by molar-refractivity contribution is 5.73. The maximum Gasteiger partial charge on any atom is 0.335 e. The first-order chi connectivity index (χ1) is 9.51. The van der Waals surface area contributed by atoms with Crippen molar-refractivity contribution in [1.82, 2.24) is 0 Å². The number of aliphatic hydroxyl groups is 2. The lowest BCUT2D eigenvalue weighted by molar-refractivity contribution is -0.153. The Morgan fingerprint density at radius 3 is 1.90 bits per heavy atom. The third kappa shape index (κ3) is 4.28. The van der Waals surface area contributed by atoms with Crippen molar-refractivity contribution in [2.24, 2.45) is 0 Å². The number of carboxylic acids is 1. The zero-order chi connectivity index (χ0) is 15.1. The predicted octanol–water partition coefficient (Wildman–Crippen LogP) is 1.24. The molecule has 112 valence electrons. The summed E-state index contributed by atoms with van der Waals surface area (Å²) < 4.78 is 10.9. The van der Waals surface area contributed by atoms with E-state index in [1.165, 1.54) is 12.1 Å². The molecule has 0 fully saturated rings. The van der Waals surface area contributed by atoms with Crippen molar-refractivity contribution in [2.75, 3.05) is 13.2 Å². The second-order valence-electron chi connectivity index (χ2n) is 4.14. The van der Waals surface area contributed by atoms with Gasteiger partial charge >= 0.3 is 5.97 Å². The Bertz CT molecular complexity index is 410. The molecular formula is C14H20O6. The van der Waals surface area contributed by atoms with Crippen LogP contribution in [0.5, 0.6) is 0 Å². The molecule has 2 unspecified atom stereocenters. The molecule has 20 heavy (non-hydrogen) atoms. The largest absolute Gasteiger partial charge is 0.479 e. The zero-order valence-corrected chi connectivity index (χ0v) is 11.5. The van der Waals surface area contributed by atoms with Crippen LogP contribution in [0.4, 0.5) is 0 Å². The second-order valence-corrected chi connectivity index (χ2v) is 4.14. The van der Waals surface area contributed by atoms with Crippen molar-refractivity contribution in [1.29, 1.82) is 0 Å². The second kappa shape index (κ2) is 7.96. The van der Waals surface area contributed by atoms with Gasteiger partial charge in [-0.3, -0.25) is 0 Å². The lowest BCUT2D eigenvalue weighted by atomic mass is 10.0. The average Bonchev–Trinajstić information content (AvgIpc) is 2.45. The zero-order valence-electron chi connectivity index (χ0n) is 11.5. The number of carboxylic acid groups (broad SMARTS) is 1. The van der Waals surface area contributed by atoms with Crippen LogP contribution < -0.4 is 0 Å². The van der Waals surface area contributed by atoms with Gasteiger partial charge in [0.2, 0.25) is 0 Å². The van der Waals surface area contributed by atoms with E-state index >= 15 is 0 Å². The summed E-state index contributed by atoms with van der Waals surface area (Å²) in [5, 5.41) is 27.6. The van der Waals surface area contributed by atoms with Crippen LogP contribution in [0.2, 0.25) is 0 Å². The molecule has 1 aromatic rings. The summed E-state index contributed by atoms with van der Waals surface area (Å²) in [4.78, 5) is 10.6. The van der Waals surface area contributed by atoms with Gasteiger partial charge in [0.15, 0.2) is 12.4 Å². The van der Waals surface area contributed by atoms with E-state index in [0.29, 0.717) is 18.8 Å². The van der Waals surface area contributed by atoms with Crippen molar-refractivity contribution in [2.45, 2.75) is 32.3 Å². The first-order valence-electron chi connectivity index (χ1n) is 6.43. The Morgan fingerprint density at radius 1 is 1.05 bits per heavy atom. The standard InChI is InChI=1S/C14H20O6/c1-3-19-14(20-4-2)10-7-5-9(6-8-10)11(15)12(16)13(17)18/h5-8,11-12,14-16H,3-4H2,1-2H3,(H,17,18). The van der Waals surface area contributed by atoms with Gasteiger partial charge in [0.05, 0.1) is 0 Å². The normalized spacial score (nSPS) is 14.2. The summed E-state index contributed by atoms with van der Waals surface area (Å²) in [7, 11) is 0. The summed E-state index contributed by atoms with van der Waals surface area (Å²) in [5.41, 5.74) is 1.07. The van der Waals surface area contributed by atoms with Gasteiger partial charge in [-0.2, -0.15) is 0 Å². The van der Waals surface area contributed by atoms with Crippen LogP contribution in [-0.4, -0.2) is 40.6 Å². The number of benzene rings is 1. The molecular weight excluding hydrogens is 264 g/mol. The van der Waals surface area contributed by atoms with Crippen LogP contribution in [-0.2, 0) is 14.3 Å². The highest BCUT2D eigenvalue weighted by Crippen LogP contribution is 2.23. The van der Waals surface area contributed by atoms with E-state index in [0.717, 1.165) is 5.56 Å². The van der Waals surface area contributed by atoms with Gasteiger partial charge in [-0.1, -0.05) is 24.3 Å². The Morgan fingerprint density at radius 2 is 1.50 bits per heavy atom. The van der Waals surface area contributed by atoms with Gasteiger partial charge in [0.1, 0.15) is 6.10 Å². The van der Waals surface area contributed by atoms with Gasteiger partial charge in [-0.05, 0) is 19.4 Å². The fourth-order valence-corrected chi connectivity index (χ4v) is 1.71. The predicted molar refractivity (Wildman–Crippen MR) is 71.0 cm³/mol. The van der Waals surface area contributed by atoms with Crippen LogP contribution in [0.3, 0.4) is 0 Å². The number of hydrogen-bond acceptors (Lipinski definition) is 5. The molecule has 3 N–H and O–H groups in total. The number of aliphatic hydroxyl groups excluding tert-OH is 2. The van der Waals surface area contributed by atoms with Crippen LogP contribution in [0.1, 0.15) is 37.4 Å². The van der Waals surface area contributed by atoms with Gasteiger partial charge in [-0.15, -0.1) is 0 Å². The van der Waals surface area contributed by atoms with Gasteiger partial charge in [0, 0.05) is 18.8 Å². The van der Waals surface area contributed by atoms with E-state index < -0.39 is 24.5 Å². The lowest BCUT2D eigenvalue weighted by Gasteiger charge is -2.19. The van der Waals surface area contributed by atoms with Crippen molar-refractivity contribution >= 4 is 5.97 Å². The van der Waals surface area contributed by atoms with Gasteiger partial charge < -0.3 is 24.8 Å². The van der Waals surface area contributed by atoms with E-state index in [4.69, 9.17) is 14.6 Å². The Hall–Kier alpha value is -1.47. The molecule has 0 saturated carbocycles. The highest BCUT2D eigenvalue weighted by Gasteiger charge is 2.25. The fourth-order valence-electron chi connectivity index (χ4n) is 1.71. The number of hydrogen-bond donors (Lipinski definition) is 3. The summed E-state index contributed by atoms with van der Waals surface area (Å²) in [5.74, 6) is -1.47. The molecule has 0 amide bonds. The lowest BCUT2D eigenvalue weighted by Crippen LogP contribution is -2.27. The number of carbonyl (C=O) groups is 1. The van der Waals surface area contributed by atoms with Crippen molar-refractivity contribution in [3.63, 3.8) is 0 Å². The van der Waals surface area contributed by atoms with E-state index in [1.54, 1.807) is 12.1 Å². The Kier molecular flexibility index (Phi) is 6.60. The Labute approximate surface area is 117 Å². The minimum atomic E-state index is -1.85. The Balaban J connectivity index is 2.84. The molecule has 0 radical (unpaired) electrons. The topological polar surface area (TPSA) is 96.2 Å². The van der Waals surface area contributed by atoms with E-state index in [2.05, 4.69) is 0 Å². The number of rotatable bonds is 8. The van der Waals surface area contributed by atoms with Crippen LogP contribution in [0, 0.1) is 0 Å². The molecule has 0 heterocycles. The quantitative estimate of drug-likeness (QED) is 0.621. The molecule has 0 saturated heterocycles. The molecule has 0 aromatic heterocycles.